The summed E-state index contributed by atoms with van der Waals surface area (Å²) in [7, 11) is 0. The van der Waals surface area contributed by atoms with Crippen LogP contribution in [0, 0.1) is 0 Å². The molecule has 0 bridgehead atoms. The van der Waals surface area contributed by atoms with E-state index in [1.165, 1.54) is 64.2 Å². The van der Waals surface area contributed by atoms with Crippen molar-refractivity contribution in [1.29, 1.82) is 0 Å². The highest BCUT2D eigenvalue weighted by Gasteiger charge is 2.49. The normalized spacial score (nSPS) is 17.9. The van der Waals surface area contributed by atoms with Crippen molar-refractivity contribution in [2.45, 2.75) is 142 Å². The van der Waals surface area contributed by atoms with Gasteiger partial charge in [0.25, 0.3) is 0 Å². The standard InChI is InChI=1S/C33H53NO5/c1-7-8-9-10-11-12-13-14-15-16-17-18-22-25-29(38-30(35)27-23-20-19-21-24-27)28-26-37-33(5,6)34(28)31(36)39-32(2,3)4/h19-25,28-29H,7-18,26H2,1-6H3/b25-22+/t28-,29+/m0/s1. The number of rotatable bonds is 16. The fourth-order valence-corrected chi connectivity index (χ4v) is 4.91. The Morgan fingerprint density at radius 1 is 0.974 bits per heavy atom. The van der Waals surface area contributed by atoms with Gasteiger partial charge in [0.2, 0.25) is 0 Å². The summed E-state index contributed by atoms with van der Waals surface area (Å²) in [6, 6.07) is 8.45. The molecule has 0 unspecified atom stereocenters. The third-order valence-electron chi connectivity index (χ3n) is 7.04. The van der Waals surface area contributed by atoms with Gasteiger partial charge < -0.3 is 14.2 Å². The van der Waals surface area contributed by atoms with Crippen molar-refractivity contribution >= 4 is 12.1 Å². The second-order valence-corrected chi connectivity index (χ2v) is 12.2. The molecule has 1 saturated heterocycles. The third kappa shape index (κ3) is 12.2. The number of amides is 1. The molecule has 220 valence electrons. The second kappa shape index (κ2) is 16.7. The molecule has 1 fully saturated rings. The van der Waals surface area contributed by atoms with Crippen LogP contribution in [0.25, 0.3) is 0 Å². The Hall–Kier alpha value is -2.34. The number of esters is 1. The van der Waals surface area contributed by atoms with Crippen LogP contribution in [0.1, 0.15) is 129 Å². The van der Waals surface area contributed by atoms with Crippen molar-refractivity contribution in [3.63, 3.8) is 0 Å². The van der Waals surface area contributed by atoms with Crippen molar-refractivity contribution in [3.8, 4) is 0 Å². The van der Waals surface area contributed by atoms with Crippen LogP contribution >= 0.6 is 0 Å². The Labute approximate surface area is 237 Å². The number of hydrogen-bond acceptors (Lipinski definition) is 5. The summed E-state index contributed by atoms with van der Waals surface area (Å²) >= 11 is 0. The summed E-state index contributed by atoms with van der Waals surface area (Å²) in [5.74, 6) is -0.422. The van der Waals surface area contributed by atoms with Gasteiger partial charge in [-0.15, -0.1) is 0 Å². The lowest BCUT2D eigenvalue weighted by Gasteiger charge is -2.36. The molecule has 0 N–H and O–H groups in total. The molecule has 39 heavy (non-hydrogen) atoms. The average Bonchev–Trinajstić information content (AvgIpc) is 3.20. The SMILES string of the molecule is CCCCCCCCCCCCC/C=C/[C@@H](OC(=O)c1ccccc1)[C@@H]1COC(C)(C)N1C(=O)OC(C)(C)C. The maximum absolute atomic E-state index is 13.2. The second-order valence-electron chi connectivity index (χ2n) is 12.2. The van der Waals surface area contributed by atoms with Gasteiger partial charge >= 0.3 is 12.1 Å². The zero-order valence-corrected chi connectivity index (χ0v) is 25.4. The highest BCUT2D eigenvalue weighted by Crippen LogP contribution is 2.32. The molecule has 0 aromatic heterocycles. The molecule has 2 atom stereocenters. The van der Waals surface area contributed by atoms with E-state index in [-0.39, 0.29) is 6.61 Å². The number of carbonyl (C=O) groups is 2. The number of ether oxygens (including phenoxy) is 3. The molecule has 6 nitrogen and oxygen atoms in total. The molecular formula is C33H53NO5. The van der Waals surface area contributed by atoms with Crippen molar-refractivity contribution in [1.82, 2.24) is 4.90 Å². The first kappa shape index (κ1) is 32.9. The Bertz CT molecular complexity index is 874. The molecule has 1 amide bonds. The van der Waals surface area contributed by atoms with E-state index in [1.807, 2.05) is 58.9 Å². The van der Waals surface area contributed by atoms with Gasteiger partial charge in [-0.2, -0.15) is 0 Å². The van der Waals surface area contributed by atoms with Crippen LogP contribution in [-0.2, 0) is 14.2 Å². The van der Waals surface area contributed by atoms with Crippen LogP contribution in [0.15, 0.2) is 42.5 Å². The Morgan fingerprint density at radius 3 is 2.10 bits per heavy atom. The average molecular weight is 544 g/mol. The van der Waals surface area contributed by atoms with E-state index in [0.717, 1.165) is 12.8 Å². The van der Waals surface area contributed by atoms with Crippen LogP contribution in [0.3, 0.4) is 0 Å². The van der Waals surface area contributed by atoms with Gasteiger partial charge in [0.05, 0.1) is 12.2 Å². The predicted octanol–water partition coefficient (Wildman–Crippen LogP) is 8.84. The molecule has 1 aromatic rings. The van der Waals surface area contributed by atoms with Crippen molar-refractivity contribution in [2.24, 2.45) is 0 Å². The number of carbonyl (C=O) groups excluding carboxylic acids is 2. The Morgan fingerprint density at radius 2 is 1.54 bits per heavy atom. The van der Waals surface area contributed by atoms with Crippen LogP contribution in [0.5, 0.6) is 0 Å². The van der Waals surface area contributed by atoms with E-state index in [2.05, 4.69) is 13.0 Å². The first-order valence-corrected chi connectivity index (χ1v) is 15.1. The molecule has 1 heterocycles. The van der Waals surface area contributed by atoms with Gasteiger partial charge in [0.15, 0.2) is 0 Å². The van der Waals surface area contributed by atoms with Crippen molar-refractivity contribution in [2.75, 3.05) is 6.61 Å². The van der Waals surface area contributed by atoms with Gasteiger partial charge in [-0.3, -0.25) is 4.90 Å². The number of nitrogens with zero attached hydrogens (tertiary/aromatic N) is 1. The number of allylic oxidation sites excluding steroid dienone is 1. The van der Waals surface area contributed by atoms with Crippen LogP contribution in [0.4, 0.5) is 4.79 Å². The molecule has 0 aliphatic carbocycles. The monoisotopic (exact) mass is 543 g/mol. The first-order valence-electron chi connectivity index (χ1n) is 15.1. The number of hydrogen-bond donors (Lipinski definition) is 0. The number of benzene rings is 1. The highest BCUT2D eigenvalue weighted by molar-refractivity contribution is 5.89. The number of unbranched alkanes of at least 4 members (excludes halogenated alkanes) is 11. The minimum atomic E-state index is -0.881. The van der Waals surface area contributed by atoms with Gasteiger partial charge in [0, 0.05) is 0 Å². The largest absolute Gasteiger partial charge is 0.452 e. The van der Waals surface area contributed by atoms with Gasteiger partial charge in [-0.25, -0.2) is 9.59 Å². The fourth-order valence-electron chi connectivity index (χ4n) is 4.91. The van der Waals surface area contributed by atoms with Gasteiger partial charge in [-0.05, 0) is 65.7 Å². The summed E-state index contributed by atoms with van der Waals surface area (Å²) in [5, 5.41) is 0. The van der Waals surface area contributed by atoms with E-state index in [0.29, 0.717) is 5.56 Å². The van der Waals surface area contributed by atoms with Crippen LogP contribution in [0.2, 0.25) is 0 Å². The quantitative estimate of drug-likeness (QED) is 0.118. The first-order chi connectivity index (χ1) is 18.5. The maximum atomic E-state index is 13.2. The summed E-state index contributed by atoms with van der Waals surface area (Å²) in [5.41, 5.74) is -1.06. The molecule has 0 radical (unpaired) electrons. The Kier molecular flexibility index (Phi) is 14.1. The van der Waals surface area contributed by atoms with Gasteiger partial charge in [0.1, 0.15) is 23.5 Å². The summed E-state index contributed by atoms with van der Waals surface area (Å²) in [4.78, 5) is 27.8. The highest BCUT2D eigenvalue weighted by atomic mass is 16.6. The zero-order chi connectivity index (χ0) is 28.7. The molecule has 2 rings (SSSR count). The minimum absolute atomic E-state index is 0.252. The fraction of sp³-hybridized carbons (Fsp3) is 0.697. The minimum Gasteiger partial charge on any atom is -0.452 e. The lowest BCUT2D eigenvalue weighted by atomic mass is 10.0. The summed E-state index contributed by atoms with van der Waals surface area (Å²) < 4.78 is 17.7. The van der Waals surface area contributed by atoms with Crippen molar-refractivity contribution < 1.29 is 23.8 Å². The molecule has 1 aliphatic rings. The molecule has 1 aromatic carbocycles. The topological polar surface area (TPSA) is 65.1 Å². The van der Waals surface area contributed by atoms with E-state index in [9.17, 15) is 9.59 Å². The molecule has 1 aliphatic heterocycles. The van der Waals surface area contributed by atoms with E-state index < -0.39 is 35.5 Å². The predicted molar refractivity (Wildman–Crippen MR) is 158 cm³/mol. The van der Waals surface area contributed by atoms with Crippen LogP contribution in [-0.4, -0.2) is 47.0 Å². The van der Waals surface area contributed by atoms with E-state index in [1.54, 1.807) is 17.0 Å². The van der Waals surface area contributed by atoms with Crippen molar-refractivity contribution in [3.05, 3.63) is 48.0 Å². The summed E-state index contributed by atoms with van der Waals surface area (Å²) in [6.45, 7) is 11.7. The lowest BCUT2D eigenvalue weighted by molar-refractivity contribution is -0.0671. The molecule has 0 saturated carbocycles. The lowest BCUT2D eigenvalue weighted by Crippen LogP contribution is -2.53. The maximum Gasteiger partial charge on any atom is 0.413 e. The van der Waals surface area contributed by atoms with E-state index in [4.69, 9.17) is 14.2 Å². The smallest absolute Gasteiger partial charge is 0.413 e. The van der Waals surface area contributed by atoms with E-state index >= 15 is 0 Å². The van der Waals surface area contributed by atoms with Gasteiger partial charge in [-0.1, -0.05) is 95.4 Å². The molecule has 0 spiro atoms. The Balaban J connectivity index is 1.95. The molecule has 6 heteroatoms. The molecular weight excluding hydrogens is 490 g/mol. The van der Waals surface area contributed by atoms with Crippen LogP contribution < -0.4 is 0 Å². The summed E-state index contributed by atoms with van der Waals surface area (Å²) in [6.07, 6.45) is 18.1. The zero-order valence-electron chi connectivity index (χ0n) is 25.4. The third-order valence-corrected chi connectivity index (χ3v) is 7.04.